The Morgan fingerprint density at radius 3 is 1.71 bits per heavy atom. The van der Waals surface area contributed by atoms with Crippen LogP contribution in [0.25, 0.3) is 44.2 Å². The van der Waals surface area contributed by atoms with E-state index in [2.05, 4.69) is 159 Å². The molecule has 1 nitrogen and oxygen atoms in total. The zero-order valence-electron chi connectivity index (χ0n) is 25.3. The lowest BCUT2D eigenvalue weighted by Gasteiger charge is -2.40. The summed E-state index contributed by atoms with van der Waals surface area (Å²) in [5, 5.41) is 2.65. The molecule has 0 saturated carbocycles. The number of hydrogen-bond acceptors (Lipinski definition) is 1. The smallest absolute Gasteiger partial charge is 0.131 e. The van der Waals surface area contributed by atoms with Gasteiger partial charge in [0, 0.05) is 16.5 Å². The van der Waals surface area contributed by atoms with Gasteiger partial charge in [0.05, 0.1) is 5.41 Å². The Bertz CT molecular complexity index is 2390. The maximum absolute atomic E-state index is 6.41. The van der Waals surface area contributed by atoms with Crippen LogP contribution in [0.5, 0.6) is 11.5 Å². The first kappa shape index (κ1) is 25.0. The van der Waals surface area contributed by atoms with Crippen molar-refractivity contribution >= 4 is 10.8 Å². The van der Waals surface area contributed by atoms with Crippen LogP contribution in [0.2, 0.25) is 0 Å². The molecular weight excluding hydrogens is 544 g/mol. The summed E-state index contributed by atoms with van der Waals surface area (Å²) in [6, 6.07) is 54.1. The van der Waals surface area contributed by atoms with Gasteiger partial charge in [-0.05, 0) is 90.7 Å². The van der Waals surface area contributed by atoms with Crippen LogP contribution in [0.1, 0.15) is 47.2 Å². The standard InChI is InChI=1S/C44H30O/c1-43(2)36-18-7-8-20-40(36)45-41-24-22-29(26-39(41)43)28-21-23-32-30-13-3-5-16-34(30)44(38(32)25-28)35-17-6-4-14-31(35)33-15-9-11-27-12-10-19-37(44)42(27)33/h3-26H,1-2H3. The Labute approximate surface area is 263 Å². The van der Waals surface area contributed by atoms with Crippen molar-refractivity contribution in [1.29, 1.82) is 0 Å². The van der Waals surface area contributed by atoms with Crippen LogP contribution in [0, 0.1) is 0 Å². The molecule has 0 radical (unpaired) electrons. The molecule has 0 N–H and O–H groups in total. The third-order valence-electron chi connectivity index (χ3n) is 10.7. The van der Waals surface area contributed by atoms with Crippen LogP contribution in [-0.2, 0) is 10.8 Å². The molecule has 212 valence electrons. The molecule has 0 aromatic heterocycles. The molecule has 0 bridgehead atoms. The van der Waals surface area contributed by atoms with Gasteiger partial charge in [0.15, 0.2) is 0 Å². The van der Waals surface area contributed by atoms with Crippen molar-refractivity contribution in [2.75, 3.05) is 0 Å². The third kappa shape index (κ3) is 3.08. The molecule has 1 heteroatoms. The molecule has 1 heterocycles. The largest absolute Gasteiger partial charge is 0.457 e. The van der Waals surface area contributed by atoms with Gasteiger partial charge in [-0.2, -0.15) is 0 Å². The Hall–Kier alpha value is -5.40. The molecule has 1 atom stereocenters. The molecule has 0 amide bonds. The van der Waals surface area contributed by atoms with Gasteiger partial charge >= 0.3 is 0 Å². The average molecular weight is 575 g/mol. The summed E-state index contributed by atoms with van der Waals surface area (Å²) in [7, 11) is 0. The normalized spacial score (nSPS) is 17.6. The first-order valence-corrected chi connectivity index (χ1v) is 15.9. The summed E-state index contributed by atoms with van der Waals surface area (Å²) in [6.07, 6.45) is 0. The summed E-state index contributed by atoms with van der Waals surface area (Å²) >= 11 is 0. The predicted molar refractivity (Wildman–Crippen MR) is 184 cm³/mol. The van der Waals surface area contributed by atoms with Gasteiger partial charge in [-0.25, -0.2) is 0 Å². The van der Waals surface area contributed by atoms with Crippen molar-refractivity contribution in [1.82, 2.24) is 0 Å². The SMILES string of the molecule is CC1(C)c2ccccc2Oc2ccc(-c3ccc4c(c3)C3(c5ccccc5-4)c4ccccc4-c4cccc5cccc3c45)cc21. The van der Waals surface area contributed by atoms with E-state index in [1.165, 1.54) is 77.5 Å². The highest BCUT2D eigenvalue weighted by Crippen LogP contribution is 2.62. The lowest BCUT2D eigenvalue weighted by molar-refractivity contribution is 0.418. The first-order chi connectivity index (χ1) is 22.1. The van der Waals surface area contributed by atoms with E-state index in [0.717, 1.165) is 11.5 Å². The summed E-state index contributed by atoms with van der Waals surface area (Å²) in [6.45, 7) is 4.62. The van der Waals surface area contributed by atoms with Gasteiger partial charge in [0.2, 0.25) is 0 Å². The number of fused-ring (bicyclic) bond motifs is 11. The predicted octanol–water partition coefficient (Wildman–Crippen LogP) is 11.3. The van der Waals surface area contributed by atoms with E-state index in [1.54, 1.807) is 0 Å². The minimum atomic E-state index is -0.415. The summed E-state index contributed by atoms with van der Waals surface area (Å²) in [5.41, 5.74) is 15.0. The number of ether oxygens (including phenoxy) is 1. The minimum Gasteiger partial charge on any atom is -0.457 e. The Morgan fingerprint density at radius 1 is 0.400 bits per heavy atom. The van der Waals surface area contributed by atoms with E-state index in [4.69, 9.17) is 4.74 Å². The van der Waals surface area contributed by atoms with Crippen molar-refractivity contribution in [3.05, 3.63) is 179 Å². The van der Waals surface area contributed by atoms with Crippen LogP contribution in [0.4, 0.5) is 0 Å². The van der Waals surface area contributed by atoms with Gasteiger partial charge < -0.3 is 4.74 Å². The summed E-state index contributed by atoms with van der Waals surface area (Å²) in [4.78, 5) is 0. The number of para-hydroxylation sites is 1. The summed E-state index contributed by atoms with van der Waals surface area (Å²) < 4.78 is 6.41. The molecule has 3 aliphatic rings. The highest BCUT2D eigenvalue weighted by atomic mass is 16.5. The van der Waals surface area contributed by atoms with E-state index in [1.807, 2.05) is 0 Å². The zero-order valence-corrected chi connectivity index (χ0v) is 25.3. The molecule has 45 heavy (non-hydrogen) atoms. The van der Waals surface area contributed by atoms with E-state index >= 15 is 0 Å². The molecule has 1 aliphatic heterocycles. The summed E-state index contributed by atoms with van der Waals surface area (Å²) in [5.74, 6) is 1.89. The maximum atomic E-state index is 6.41. The second kappa shape index (κ2) is 8.61. The van der Waals surface area contributed by atoms with Crippen LogP contribution < -0.4 is 4.74 Å². The topological polar surface area (TPSA) is 9.23 Å². The quantitative estimate of drug-likeness (QED) is 0.189. The van der Waals surface area contributed by atoms with Crippen molar-refractivity contribution in [3.63, 3.8) is 0 Å². The van der Waals surface area contributed by atoms with Crippen molar-refractivity contribution in [2.45, 2.75) is 24.7 Å². The van der Waals surface area contributed by atoms with E-state index in [9.17, 15) is 0 Å². The first-order valence-electron chi connectivity index (χ1n) is 15.9. The fraction of sp³-hybridized carbons (Fsp3) is 0.0909. The van der Waals surface area contributed by atoms with Crippen molar-refractivity contribution in [3.8, 4) is 44.9 Å². The monoisotopic (exact) mass is 574 g/mol. The van der Waals surface area contributed by atoms with E-state index in [-0.39, 0.29) is 5.41 Å². The highest BCUT2D eigenvalue weighted by molar-refractivity contribution is 6.07. The molecule has 0 saturated heterocycles. The van der Waals surface area contributed by atoms with Gasteiger partial charge in [-0.1, -0.05) is 135 Å². The van der Waals surface area contributed by atoms with Crippen LogP contribution in [0.3, 0.4) is 0 Å². The molecular formula is C44H30O. The molecule has 10 rings (SSSR count). The van der Waals surface area contributed by atoms with Crippen LogP contribution in [-0.4, -0.2) is 0 Å². The zero-order chi connectivity index (χ0) is 29.9. The number of hydrogen-bond donors (Lipinski definition) is 0. The van der Waals surface area contributed by atoms with Crippen molar-refractivity contribution < 1.29 is 4.74 Å². The second-order valence-corrected chi connectivity index (χ2v) is 13.2. The fourth-order valence-electron chi connectivity index (χ4n) is 8.73. The fourth-order valence-corrected chi connectivity index (χ4v) is 8.73. The lowest BCUT2D eigenvalue weighted by Crippen LogP contribution is -2.31. The van der Waals surface area contributed by atoms with Gasteiger partial charge in [-0.3, -0.25) is 0 Å². The molecule has 0 fully saturated rings. The van der Waals surface area contributed by atoms with E-state index in [0.29, 0.717) is 0 Å². The maximum Gasteiger partial charge on any atom is 0.131 e. The third-order valence-corrected chi connectivity index (χ3v) is 10.7. The number of rotatable bonds is 1. The average Bonchev–Trinajstić information content (AvgIpc) is 3.37. The van der Waals surface area contributed by atoms with Crippen molar-refractivity contribution in [2.24, 2.45) is 0 Å². The molecule has 2 aliphatic carbocycles. The Morgan fingerprint density at radius 2 is 0.933 bits per heavy atom. The lowest BCUT2D eigenvalue weighted by atomic mass is 9.61. The van der Waals surface area contributed by atoms with E-state index < -0.39 is 5.41 Å². The Balaban J connectivity index is 1.26. The molecule has 1 spiro atoms. The highest BCUT2D eigenvalue weighted by Gasteiger charge is 2.50. The molecule has 1 unspecified atom stereocenters. The van der Waals surface area contributed by atoms with Crippen LogP contribution >= 0.6 is 0 Å². The molecule has 7 aromatic rings. The minimum absolute atomic E-state index is 0.171. The van der Waals surface area contributed by atoms with Crippen LogP contribution in [0.15, 0.2) is 146 Å². The molecule has 7 aromatic carbocycles. The second-order valence-electron chi connectivity index (χ2n) is 13.2. The Kier molecular flexibility index (Phi) is 4.78. The van der Waals surface area contributed by atoms with Gasteiger partial charge in [0.25, 0.3) is 0 Å². The number of benzene rings is 7. The van der Waals surface area contributed by atoms with Gasteiger partial charge in [-0.15, -0.1) is 0 Å². The van der Waals surface area contributed by atoms with Gasteiger partial charge in [0.1, 0.15) is 11.5 Å².